The smallest absolute Gasteiger partial charge is 0.0484 e. The van der Waals surface area contributed by atoms with Crippen LogP contribution in [0.4, 0.5) is 0 Å². The van der Waals surface area contributed by atoms with E-state index in [1.54, 1.807) is 0 Å². The maximum atomic E-state index is 5.39. The topological polar surface area (TPSA) is 24.5 Å². The van der Waals surface area contributed by atoms with E-state index in [0.717, 1.165) is 26.3 Å². The van der Waals surface area contributed by atoms with Crippen LogP contribution in [-0.2, 0) is 4.74 Å². The summed E-state index contributed by atoms with van der Waals surface area (Å²) in [5.41, 5.74) is 0.413. The summed E-state index contributed by atoms with van der Waals surface area (Å²) in [5, 5.41) is 3.48. The summed E-state index contributed by atoms with van der Waals surface area (Å²) in [4.78, 5) is 2.51. The van der Waals surface area contributed by atoms with Gasteiger partial charge in [-0.25, -0.2) is 0 Å². The maximum absolute atomic E-state index is 5.39. The molecule has 14 heavy (non-hydrogen) atoms. The van der Waals surface area contributed by atoms with Gasteiger partial charge in [-0.1, -0.05) is 0 Å². The number of hydrogen-bond acceptors (Lipinski definition) is 3. The standard InChI is InChI=1S/C9H18N2O.2ClH/c1-11-5-4-10-8-9(11)2-6-12-7-3-9;;/h10H,2-8H2,1H3;2*1H. The van der Waals surface area contributed by atoms with Gasteiger partial charge in [-0.2, -0.15) is 0 Å². The molecule has 0 aromatic carbocycles. The minimum Gasteiger partial charge on any atom is -0.381 e. The molecule has 2 fully saturated rings. The molecule has 3 nitrogen and oxygen atoms in total. The van der Waals surface area contributed by atoms with Gasteiger partial charge in [0.15, 0.2) is 0 Å². The first-order valence-corrected chi connectivity index (χ1v) is 4.83. The molecule has 2 saturated heterocycles. The highest BCUT2D eigenvalue weighted by Crippen LogP contribution is 2.27. The van der Waals surface area contributed by atoms with E-state index in [4.69, 9.17) is 4.74 Å². The van der Waals surface area contributed by atoms with E-state index in [2.05, 4.69) is 17.3 Å². The van der Waals surface area contributed by atoms with E-state index < -0.39 is 0 Å². The van der Waals surface area contributed by atoms with Gasteiger partial charge in [-0.15, -0.1) is 24.8 Å². The molecule has 2 heterocycles. The predicted molar refractivity (Wildman–Crippen MR) is 62.8 cm³/mol. The van der Waals surface area contributed by atoms with E-state index in [9.17, 15) is 0 Å². The van der Waals surface area contributed by atoms with Crippen molar-refractivity contribution < 1.29 is 4.74 Å². The van der Waals surface area contributed by atoms with Crippen molar-refractivity contribution in [1.82, 2.24) is 10.2 Å². The van der Waals surface area contributed by atoms with Crippen LogP contribution in [0.1, 0.15) is 12.8 Å². The first kappa shape index (κ1) is 14.5. The Labute approximate surface area is 98.4 Å². The summed E-state index contributed by atoms with van der Waals surface area (Å²) in [7, 11) is 2.24. The van der Waals surface area contributed by atoms with Crippen molar-refractivity contribution in [2.75, 3.05) is 39.9 Å². The van der Waals surface area contributed by atoms with E-state index in [1.165, 1.54) is 19.4 Å². The highest BCUT2D eigenvalue weighted by molar-refractivity contribution is 5.85. The van der Waals surface area contributed by atoms with Gasteiger partial charge in [0, 0.05) is 38.4 Å². The quantitative estimate of drug-likeness (QED) is 0.684. The lowest BCUT2D eigenvalue weighted by atomic mass is 9.87. The maximum Gasteiger partial charge on any atom is 0.0484 e. The van der Waals surface area contributed by atoms with Crippen molar-refractivity contribution in [3.05, 3.63) is 0 Å². The molecule has 0 aromatic rings. The van der Waals surface area contributed by atoms with E-state index in [-0.39, 0.29) is 24.8 Å². The molecule has 0 unspecified atom stereocenters. The van der Waals surface area contributed by atoms with Crippen LogP contribution in [0.5, 0.6) is 0 Å². The Hall–Kier alpha value is 0.460. The molecule has 1 spiro atoms. The van der Waals surface area contributed by atoms with Crippen LogP contribution in [0.2, 0.25) is 0 Å². The van der Waals surface area contributed by atoms with Crippen molar-refractivity contribution in [3.63, 3.8) is 0 Å². The fraction of sp³-hybridized carbons (Fsp3) is 1.00. The summed E-state index contributed by atoms with van der Waals surface area (Å²) < 4.78 is 5.39. The van der Waals surface area contributed by atoms with Crippen LogP contribution < -0.4 is 5.32 Å². The predicted octanol–water partition coefficient (Wildman–Crippen LogP) is 0.914. The number of likely N-dealkylation sites (N-methyl/N-ethyl adjacent to an activating group) is 1. The van der Waals surface area contributed by atoms with E-state index in [1.807, 2.05) is 0 Å². The molecule has 0 radical (unpaired) electrons. The van der Waals surface area contributed by atoms with Crippen molar-refractivity contribution in [2.24, 2.45) is 0 Å². The summed E-state index contributed by atoms with van der Waals surface area (Å²) in [6.07, 6.45) is 2.38. The Morgan fingerprint density at radius 2 is 1.86 bits per heavy atom. The van der Waals surface area contributed by atoms with Gasteiger partial charge < -0.3 is 10.1 Å². The third kappa shape index (κ3) is 2.74. The molecular weight excluding hydrogens is 223 g/mol. The fourth-order valence-corrected chi connectivity index (χ4v) is 2.25. The van der Waals surface area contributed by atoms with Crippen LogP contribution >= 0.6 is 24.8 Å². The van der Waals surface area contributed by atoms with Crippen LogP contribution in [0.3, 0.4) is 0 Å². The van der Waals surface area contributed by atoms with Gasteiger partial charge in [0.05, 0.1) is 0 Å². The zero-order chi connectivity index (χ0) is 8.44. The Morgan fingerprint density at radius 3 is 2.43 bits per heavy atom. The second kappa shape index (κ2) is 6.13. The molecule has 2 rings (SSSR count). The number of nitrogens with zero attached hydrogens (tertiary/aromatic N) is 1. The van der Waals surface area contributed by atoms with E-state index in [0.29, 0.717) is 5.54 Å². The lowest BCUT2D eigenvalue weighted by Gasteiger charge is -2.47. The second-order valence-electron chi connectivity index (χ2n) is 3.94. The lowest BCUT2D eigenvalue weighted by Crippen LogP contribution is -2.61. The second-order valence-corrected chi connectivity index (χ2v) is 3.94. The average molecular weight is 243 g/mol. The Bertz CT molecular complexity index is 155. The number of nitrogens with one attached hydrogen (secondary N) is 1. The number of ether oxygens (including phenoxy) is 1. The van der Waals surface area contributed by atoms with Crippen molar-refractivity contribution >= 4 is 24.8 Å². The SMILES string of the molecule is CN1CCNCC12CCOCC2.Cl.Cl. The molecule has 86 valence electrons. The summed E-state index contributed by atoms with van der Waals surface area (Å²) in [6.45, 7) is 5.34. The Morgan fingerprint density at radius 1 is 1.21 bits per heavy atom. The number of hydrogen-bond donors (Lipinski definition) is 1. The zero-order valence-corrected chi connectivity index (χ0v) is 10.3. The van der Waals surface area contributed by atoms with Gasteiger partial charge in [-0.3, -0.25) is 4.90 Å². The van der Waals surface area contributed by atoms with Gasteiger partial charge in [0.1, 0.15) is 0 Å². The number of rotatable bonds is 0. The van der Waals surface area contributed by atoms with Crippen LogP contribution in [0.25, 0.3) is 0 Å². The van der Waals surface area contributed by atoms with Crippen molar-refractivity contribution in [1.29, 1.82) is 0 Å². The Kier molecular flexibility index (Phi) is 6.33. The molecule has 0 amide bonds. The molecule has 0 aromatic heterocycles. The van der Waals surface area contributed by atoms with Gasteiger partial charge >= 0.3 is 0 Å². The lowest BCUT2D eigenvalue weighted by molar-refractivity contribution is -0.0282. The molecule has 0 bridgehead atoms. The number of halogens is 2. The first-order chi connectivity index (χ1) is 5.83. The molecule has 0 aliphatic carbocycles. The summed E-state index contributed by atoms with van der Waals surface area (Å²) in [6, 6.07) is 0. The first-order valence-electron chi connectivity index (χ1n) is 4.83. The van der Waals surface area contributed by atoms with Gasteiger partial charge in [-0.05, 0) is 19.9 Å². The zero-order valence-electron chi connectivity index (χ0n) is 8.62. The van der Waals surface area contributed by atoms with Crippen LogP contribution in [0.15, 0.2) is 0 Å². The van der Waals surface area contributed by atoms with Crippen LogP contribution in [-0.4, -0.2) is 50.3 Å². The number of piperazine rings is 1. The van der Waals surface area contributed by atoms with Crippen LogP contribution in [0, 0.1) is 0 Å². The highest BCUT2D eigenvalue weighted by Gasteiger charge is 2.37. The molecule has 0 saturated carbocycles. The monoisotopic (exact) mass is 242 g/mol. The molecule has 5 heteroatoms. The molecule has 2 aliphatic rings. The third-order valence-electron chi connectivity index (χ3n) is 3.31. The summed E-state index contributed by atoms with van der Waals surface area (Å²) in [5.74, 6) is 0. The van der Waals surface area contributed by atoms with E-state index >= 15 is 0 Å². The molecule has 0 atom stereocenters. The van der Waals surface area contributed by atoms with Crippen molar-refractivity contribution in [3.8, 4) is 0 Å². The van der Waals surface area contributed by atoms with Gasteiger partial charge in [0.25, 0.3) is 0 Å². The fourth-order valence-electron chi connectivity index (χ4n) is 2.25. The minimum absolute atomic E-state index is 0. The van der Waals surface area contributed by atoms with Gasteiger partial charge in [0.2, 0.25) is 0 Å². The average Bonchev–Trinajstić information content (AvgIpc) is 2.12. The van der Waals surface area contributed by atoms with Crippen molar-refractivity contribution in [2.45, 2.75) is 18.4 Å². The molecule has 2 aliphatic heterocycles. The minimum atomic E-state index is 0. The Balaban J connectivity index is 0.000000845. The normalized spacial score (nSPS) is 26.4. The largest absolute Gasteiger partial charge is 0.381 e. The summed E-state index contributed by atoms with van der Waals surface area (Å²) >= 11 is 0. The molecule has 1 N–H and O–H groups in total. The third-order valence-corrected chi connectivity index (χ3v) is 3.31. The highest BCUT2D eigenvalue weighted by atomic mass is 35.5. The molecular formula is C9H20Cl2N2O.